The summed E-state index contributed by atoms with van der Waals surface area (Å²) < 4.78 is 137. The molecule has 30 heteroatoms. The van der Waals surface area contributed by atoms with E-state index in [0.29, 0.717) is 0 Å². The maximum absolute atomic E-state index is 13.0. The summed E-state index contributed by atoms with van der Waals surface area (Å²) in [6, 6.07) is 0. The van der Waals surface area contributed by atoms with E-state index < -0.39 is 161 Å². The lowest BCUT2D eigenvalue weighted by atomic mass is 9.84. The van der Waals surface area contributed by atoms with Gasteiger partial charge in [0, 0.05) is 17.3 Å². The number of ether oxygens (including phenoxy) is 3. The normalized spacial score (nSPS) is 23.7. The van der Waals surface area contributed by atoms with E-state index in [9.17, 15) is 82.7 Å². The van der Waals surface area contributed by atoms with Crippen LogP contribution in [0.4, 0.5) is 0 Å². The smallest absolute Gasteiger partial charge is 0.455 e. The van der Waals surface area contributed by atoms with Gasteiger partial charge in [-0.3, -0.25) is 28.0 Å². The molecule has 24 nitrogen and oxygen atoms in total. The van der Waals surface area contributed by atoms with Crippen LogP contribution in [0.25, 0.3) is 0 Å². The van der Waals surface area contributed by atoms with Crippen LogP contribution in [0.1, 0.15) is 40.0 Å². The van der Waals surface area contributed by atoms with Crippen molar-refractivity contribution in [3.63, 3.8) is 0 Å². The highest BCUT2D eigenvalue weighted by Gasteiger charge is 2.62. The van der Waals surface area contributed by atoms with Gasteiger partial charge in [-0.2, -0.15) is 0 Å². The van der Waals surface area contributed by atoms with Crippen LogP contribution >= 0.6 is 23.5 Å². The number of hydrogen-bond acceptors (Lipinski definition) is 18. The van der Waals surface area contributed by atoms with Gasteiger partial charge in [0.15, 0.2) is 47.8 Å². The molecule has 300 valence electrons. The van der Waals surface area contributed by atoms with Crippen LogP contribution in [-0.2, 0) is 85.4 Å². The predicted octanol–water partition coefficient (Wildman–Crippen LogP) is -2.36. The summed E-state index contributed by atoms with van der Waals surface area (Å²) in [7, 11) is -29.7. The Bertz CT molecular complexity index is 1620. The highest BCUT2D eigenvalue weighted by atomic mass is 32.2. The van der Waals surface area contributed by atoms with Crippen LogP contribution in [0, 0.1) is 0 Å². The Morgan fingerprint density at radius 3 is 0.843 bits per heavy atom. The van der Waals surface area contributed by atoms with E-state index >= 15 is 0 Å². The van der Waals surface area contributed by atoms with Gasteiger partial charge < -0.3 is 43.6 Å². The standard InChI is InChI=1S/C21H39O24P3S3/c1-4-49(34,35)10-7-13(22)40-16-17(41-14(23)8-11-50(36,37)5-2)19(43-46(25,26)27)21(45-48(31,32)33)20(44-47(28,29)30)18(16)42-15(24)9-12-51(38,39)6-3/h16-21H,4-12H2,1-3H3,(H2,25,26,27)(H2,28,29,30)(H2,31,32,33). The zero-order valence-corrected chi connectivity index (χ0v) is 32.1. The molecule has 51 heavy (non-hydrogen) atoms. The second kappa shape index (κ2) is 18.8. The summed E-state index contributed by atoms with van der Waals surface area (Å²) in [6.45, 7) is 3.62. The van der Waals surface area contributed by atoms with Crippen molar-refractivity contribution in [1.82, 2.24) is 0 Å². The van der Waals surface area contributed by atoms with Gasteiger partial charge >= 0.3 is 41.4 Å². The molecule has 0 bridgehead atoms. The SMILES string of the molecule is CCS(=O)(=O)CCC(=O)OC1C(OC(=O)CCS(=O)(=O)CC)C(OP(=O)(O)O)C(OP(=O)(O)O)C(OP(=O)(O)O)C1OC(=O)CCS(=O)(=O)CC. The third-order valence-corrected chi connectivity index (χ3v) is 13.4. The van der Waals surface area contributed by atoms with Crippen molar-refractivity contribution in [1.29, 1.82) is 0 Å². The molecule has 6 N–H and O–H groups in total. The first-order chi connectivity index (χ1) is 22.9. The van der Waals surface area contributed by atoms with Crippen molar-refractivity contribution < 1.29 is 110 Å². The lowest BCUT2D eigenvalue weighted by molar-refractivity contribution is -0.240. The topological polar surface area (TPSA) is 382 Å². The first-order valence-corrected chi connectivity index (χ1v) is 24.4. The number of phosphoric ester groups is 3. The minimum absolute atomic E-state index is 0.483. The van der Waals surface area contributed by atoms with Crippen molar-refractivity contribution in [2.75, 3.05) is 34.5 Å². The van der Waals surface area contributed by atoms with Crippen molar-refractivity contribution in [2.45, 2.75) is 76.7 Å². The van der Waals surface area contributed by atoms with Crippen LogP contribution in [-0.4, -0.2) is 144 Å². The highest BCUT2D eigenvalue weighted by Crippen LogP contribution is 2.51. The molecule has 1 aliphatic rings. The lowest BCUT2D eigenvalue weighted by Gasteiger charge is -2.47. The van der Waals surface area contributed by atoms with Crippen molar-refractivity contribution in [2.24, 2.45) is 0 Å². The van der Waals surface area contributed by atoms with Crippen LogP contribution in [0.3, 0.4) is 0 Å². The third kappa shape index (κ3) is 18.0. The Hall–Kier alpha value is -1.41. The Morgan fingerprint density at radius 1 is 0.451 bits per heavy atom. The van der Waals surface area contributed by atoms with Crippen LogP contribution < -0.4 is 0 Å². The minimum Gasteiger partial charge on any atom is -0.455 e. The molecule has 1 fully saturated rings. The summed E-state index contributed by atoms with van der Waals surface area (Å²) in [5, 5.41) is 0. The average Bonchev–Trinajstić information content (AvgIpc) is 2.97. The molecule has 4 atom stereocenters. The molecule has 0 amide bonds. The minimum atomic E-state index is -6.00. The summed E-state index contributed by atoms with van der Waals surface area (Å²) in [6.07, 6.45) is -19.9. The molecular formula is C21H39O24P3S3. The number of sulfone groups is 3. The Kier molecular flexibility index (Phi) is 17.5. The van der Waals surface area contributed by atoms with E-state index in [1.54, 1.807) is 0 Å². The maximum atomic E-state index is 13.0. The second-order valence-corrected chi connectivity index (χ2v) is 21.5. The first-order valence-electron chi connectivity index (χ1n) is 14.3. The molecule has 0 aliphatic heterocycles. The quantitative estimate of drug-likeness (QED) is 0.0399. The maximum Gasteiger partial charge on any atom is 0.470 e. The van der Waals surface area contributed by atoms with Crippen molar-refractivity contribution in [3.8, 4) is 0 Å². The van der Waals surface area contributed by atoms with Crippen molar-refractivity contribution >= 4 is 70.9 Å². The van der Waals surface area contributed by atoms with E-state index in [0.717, 1.165) is 0 Å². The fourth-order valence-corrected chi connectivity index (χ4v) is 8.11. The Morgan fingerprint density at radius 2 is 0.647 bits per heavy atom. The Balaban J connectivity index is 4.07. The number of hydrogen-bond donors (Lipinski definition) is 6. The van der Waals surface area contributed by atoms with E-state index in [1.165, 1.54) is 20.8 Å². The Labute approximate surface area is 291 Å². The zero-order valence-electron chi connectivity index (χ0n) is 26.9. The number of carbonyl (C=O) groups excluding carboxylic acids is 3. The molecule has 0 heterocycles. The monoisotopic (exact) mass is 864 g/mol. The second-order valence-electron chi connectivity index (χ2n) is 10.5. The van der Waals surface area contributed by atoms with Crippen LogP contribution in [0.5, 0.6) is 0 Å². The van der Waals surface area contributed by atoms with Gasteiger partial charge in [-0.05, 0) is 0 Å². The van der Waals surface area contributed by atoms with Crippen molar-refractivity contribution in [3.05, 3.63) is 0 Å². The summed E-state index contributed by atoms with van der Waals surface area (Å²) in [5.74, 6) is -9.00. The van der Waals surface area contributed by atoms with Gasteiger partial charge in [0.2, 0.25) is 0 Å². The van der Waals surface area contributed by atoms with Gasteiger partial charge in [0.25, 0.3) is 0 Å². The highest BCUT2D eigenvalue weighted by molar-refractivity contribution is 7.91. The fourth-order valence-electron chi connectivity index (χ4n) is 4.14. The first kappa shape index (κ1) is 47.6. The van der Waals surface area contributed by atoms with E-state index in [1.807, 2.05) is 0 Å². The third-order valence-electron chi connectivity index (χ3n) is 6.69. The van der Waals surface area contributed by atoms with Crippen LogP contribution in [0.2, 0.25) is 0 Å². The molecule has 0 spiro atoms. The summed E-state index contributed by atoms with van der Waals surface area (Å²) >= 11 is 0. The van der Waals surface area contributed by atoms with Gasteiger partial charge in [-0.1, -0.05) is 20.8 Å². The van der Waals surface area contributed by atoms with E-state index in [-0.39, 0.29) is 0 Å². The zero-order chi connectivity index (χ0) is 39.8. The molecule has 1 saturated carbocycles. The predicted molar refractivity (Wildman–Crippen MR) is 167 cm³/mol. The molecular weight excluding hydrogens is 825 g/mol. The largest absolute Gasteiger partial charge is 0.470 e. The number of phosphoric acid groups is 3. The summed E-state index contributed by atoms with van der Waals surface area (Å²) in [4.78, 5) is 96.6. The van der Waals surface area contributed by atoms with Gasteiger partial charge in [-0.25, -0.2) is 38.9 Å². The summed E-state index contributed by atoms with van der Waals surface area (Å²) in [5.41, 5.74) is 0. The average molecular weight is 865 g/mol. The van der Waals surface area contributed by atoms with Gasteiger partial charge in [-0.15, -0.1) is 0 Å². The molecule has 1 aliphatic carbocycles. The molecule has 1 rings (SSSR count). The fraction of sp³-hybridized carbons (Fsp3) is 0.857. The molecule has 4 unspecified atom stereocenters. The molecule has 0 saturated heterocycles. The number of rotatable bonds is 21. The van der Waals surface area contributed by atoms with E-state index in [4.69, 9.17) is 14.2 Å². The van der Waals surface area contributed by atoms with Gasteiger partial charge in [0.05, 0.1) is 36.5 Å². The molecule has 0 aromatic rings. The van der Waals surface area contributed by atoms with E-state index in [2.05, 4.69) is 13.6 Å². The van der Waals surface area contributed by atoms with Gasteiger partial charge in [0.1, 0.15) is 18.3 Å². The molecule has 0 aromatic heterocycles. The molecule has 0 aromatic carbocycles. The lowest BCUT2D eigenvalue weighted by Crippen LogP contribution is -2.68. The molecule has 0 radical (unpaired) electrons. The van der Waals surface area contributed by atoms with Crippen LogP contribution in [0.15, 0.2) is 0 Å². The number of carbonyl (C=O) groups is 3. The number of esters is 3.